The zero-order valence-electron chi connectivity index (χ0n) is 9.71. The molecule has 0 spiro atoms. The summed E-state index contributed by atoms with van der Waals surface area (Å²) in [6, 6.07) is 0. The van der Waals surface area contributed by atoms with E-state index in [-0.39, 0.29) is 5.41 Å². The summed E-state index contributed by atoms with van der Waals surface area (Å²) in [5.74, 6) is 0.625. The number of amides is 1. The van der Waals surface area contributed by atoms with Crippen LogP contribution in [0.1, 0.15) is 33.1 Å². The minimum atomic E-state index is -0.656. The molecule has 1 aliphatic rings. The molecule has 1 amide bonds. The Labute approximate surface area is 91.5 Å². The fourth-order valence-corrected chi connectivity index (χ4v) is 2.45. The molecule has 1 saturated heterocycles. The standard InChI is InChI=1S/C11H22N2O2/c1-9(2)7-11(8-15-10(12)14)3-5-13-6-4-11/h9,13H,3-8H2,1-2H3,(H2,12,14). The van der Waals surface area contributed by atoms with Crippen molar-refractivity contribution in [3.63, 3.8) is 0 Å². The molecule has 0 radical (unpaired) electrons. The van der Waals surface area contributed by atoms with E-state index in [2.05, 4.69) is 19.2 Å². The van der Waals surface area contributed by atoms with Gasteiger partial charge in [0.25, 0.3) is 0 Å². The molecule has 0 saturated carbocycles. The Balaban J connectivity index is 2.53. The van der Waals surface area contributed by atoms with Gasteiger partial charge >= 0.3 is 6.09 Å². The van der Waals surface area contributed by atoms with Gasteiger partial charge in [0.1, 0.15) is 0 Å². The fraction of sp³-hybridized carbons (Fsp3) is 0.909. The zero-order chi connectivity index (χ0) is 11.3. The summed E-state index contributed by atoms with van der Waals surface area (Å²) in [4.78, 5) is 10.7. The number of carbonyl (C=O) groups excluding carboxylic acids is 1. The van der Waals surface area contributed by atoms with Crippen molar-refractivity contribution in [3.05, 3.63) is 0 Å². The summed E-state index contributed by atoms with van der Waals surface area (Å²) >= 11 is 0. The van der Waals surface area contributed by atoms with E-state index in [1.54, 1.807) is 0 Å². The second kappa shape index (κ2) is 5.35. The molecule has 1 fully saturated rings. The van der Waals surface area contributed by atoms with E-state index >= 15 is 0 Å². The number of carbonyl (C=O) groups is 1. The molecule has 15 heavy (non-hydrogen) atoms. The monoisotopic (exact) mass is 214 g/mol. The number of primary amides is 1. The van der Waals surface area contributed by atoms with Crippen LogP contribution in [0.3, 0.4) is 0 Å². The van der Waals surface area contributed by atoms with E-state index in [4.69, 9.17) is 10.5 Å². The number of rotatable bonds is 4. The van der Waals surface area contributed by atoms with Gasteiger partial charge in [-0.1, -0.05) is 13.8 Å². The summed E-state index contributed by atoms with van der Waals surface area (Å²) < 4.78 is 5.00. The van der Waals surface area contributed by atoms with Crippen LogP contribution in [0.5, 0.6) is 0 Å². The van der Waals surface area contributed by atoms with Gasteiger partial charge < -0.3 is 15.8 Å². The largest absolute Gasteiger partial charge is 0.449 e. The first-order valence-corrected chi connectivity index (χ1v) is 5.67. The molecule has 3 N–H and O–H groups in total. The Kier molecular flexibility index (Phi) is 4.39. The van der Waals surface area contributed by atoms with Crippen molar-refractivity contribution in [3.8, 4) is 0 Å². The number of ether oxygens (including phenoxy) is 1. The van der Waals surface area contributed by atoms with Crippen molar-refractivity contribution in [2.45, 2.75) is 33.1 Å². The lowest BCUT2D eigenvalue weighted by Gasteiger charge is -2.38. The molecule has 88 valence electrons. The van der Waals surface area contributed by atoms with Crippen LogP contribution in [0.2, 0.25) is 0 Å². The Morgan fingerprint density at radius 3 is 2.53 bits per heavy atom. The molecule has 1 rings (SSSR count). The molecule has 1 heterocycles. The molecule has 4 nitrogen and oxygen atoms in total. The maximum atomic E-state index is 10.7. The van der Waals surface area contributed by atoms with Gasteiger partial charge in [-0.05, 0) is 38.3 Å². The number of hydrogen-bond donors (Lipinski definition) is 2. The minimum Gasteiger partial charge on any atom is -0.449 e. The predicted molar refractivity (Wildman–Crippen MR) is 59.5 cm³/mol. The zero-order valence-corrected chi connectivity index (χ0v) is 9.71. The molecule has 0 aromatic heterocycles. The topological polar surface area (TPSA) is 64.3 Å². The average Bonchev–Trinajstić information content (AvgIpc) is 2.15. The quantitative estimate of drug-likeness (QED) is 0.745. The van der Waals surface area contributed by atoms with E-state index in [9.17, 15) is 4.79 Å². The summed E-state index contributed by atoms with van der Waals surface area (Å²) in [6.45, 7) is 6.90. The highest BCUT2D eigenvalue weighted by Crippen LogP contribution is 2.35. The first kappa shape index (κ1) is 12.3. The van der Waals surface area contributed by atoms with Crippen molar-refractivity contribution in [1.29, 1.82) is 0 Å². The van der Waals surface area contributed by atoms with E-state index < -0.39 is 6.09 Å². The first-order valence-electron chi connectivity index (χ1n) is 5.67. The highest BCUT2D eigenvalue weighted by molar-refractivity contribution is 5.64. The molecule has 1 aliphatic heterocycles. The Hall–Kier alpha value is -0.770. The molecule has 0 aromatic rings. The van der Waals surface area contributed by atoms with Crippen LogP contribution in [0.15, 0.2) is 0 Å². The maximum Gasteiger partial charge on any atom is 0.404 e. The van der Waals surface area contributed by atoms with Crippen molar-refractivity contribution in [1.82, 2.24) is 5.32 Å². The van der Waals surface area contributed by atoms with Crippen LogP contribution in [-0.2, 0) is 4.74 Å². The molecule has 0 atom stereocenters. The van der Waals surface area contributed by atoms with Crippen molar-refractivity contribution >= 4 is 6.09 Å². The SMILES string of the molecule is CC(C)CC1(COC(N)=O)CCNCC1. The summed E-state index contributed by atoms with van der Waals surface area (Å²) in [5, 5.41) is 3.33. The Morgan fingerprint density at radius 2 is 2.07 bits per heavy atom. The van der Waals surface area contributed by atoms with Gasteiger partial charge in [-0.25, -0.2) is 4.79 Å². The average molecular weight is 214 g/mol. The van der Waals surface area contributed by atoms with Gasteiger partial charge in [0, 0.05) is 5.41 Å². The van der Waals surface area contributed by atoms with Crippen LogP contribution in [0, 0.1) is 11.3 Å². The highest BCUT2D eigenvalue weighted by atomic mass is 16.5. The fourth-order valence-electron chi connectivity index (χ4n) is 2.45. The van der Waals surface area contributed by atoms with Gasteiger partial charge in [-0.3, -0.25) is 0 Å². The first-order chi connectivity index (χ1) is 7.04. The number of nitrogens with one attached hydrogen (secondary N) is 1. The molecule has 0 aromatic carbocycles. The Morgan fingerprint density at radius 1 is 1.47 bits per heavy atom. The van der Waals surface area contributed by atoms with Crippen LogP contribution < -0.4 is 11.1 Å². The van der Waals surface area contributed by atoms with Crippen molar-refractivity contribution in [2.75, 3.05) is 19.7 Å². The van der Waals surface area contributed by atoms with Crippen LogP contribution in [0.25, 0.3) is 0 Å². The summed E-state index contributed by atoms with van der Waals surface area (Å²) in [7, 11) is 0. The third-order valence-corrected chi connectivity index (χ3v) is 3.03. The molecular formula is C11H22N2O2. The van der Waals surface area contributed by atoms with Crippen LogP contribution in [-0.4, -0.2) is 25.8 Å². The lowest BCUT2D eigenvalue weighted by molar-refractivity contribution is 0.0495. The van der Waals surface area contributed by atoms with Crippen molar-refractivity contribution < 1.29 is 9.53 Å². The van der Waals surface area contributed by atoms with Gasteiger partial charge in [0.05, 0.1) is 6.61 Å². The minimum absolute atomic E-state index is 0.147. The Bertz CT molecular complexity index is 211. The number of nitrogens with two attached hydrogens (primary N) is 1. The second-order valence-electron chi connectivity index (χ2n) is 4.96. The lowest BCUT2D eigenvalue weighted by atomic mass is 9.74. The maximum absolute atomic E-state index is 10.7. The second-order valence-corrected chi connectivity index (χ2v) is 4.96. The van der Waals surface area contributed by atoms with Gasteiger partial charge in [-0.2, -0.15) is 0 Å². The number of piperidine rings is 1. The number of hydrogen-bond acceptors (Lipinski definition) is 3. The molecular weight excluding hydrogens is 192 g/mol. The molecule has 0 bridgehead atoms. The van der Waals surface area contributed by atoms with E-state index in [1.807, 2.05) is 0 Å². The van der Waals surface area contributed by atoms with E-state index in [0.717, 1.165) is 32.4 Å². The highest BCUT2D eigenvalue weighted by Gasteiger charge is 2.33. The third kappa shape index (κ3) is 4.08. The van der Waals surface area contributed by atoms with Gasteiger partial charge in [0.15, 0.2) is 0 Å². The summed E-state index contributed by atoms with van der Waals surface area (Å²) in [5.41, 5.74) is 5.17. The van der Waals surface area contributed by atoms with E-state index in [1.165, 1.54) is 0 Å². The normalized spacial score (nSPS) is 20.2. The van der Waals surface area contributed by atoms with E-state index in [0.29, 0.717) is 12.5 Å². The van der Waals surface area contributed by atoms with Crippen LogP contribution >= 0.6 is 0 Å². The van der Waals surface area contributed by atoms with Crippen molar-refractivity contribution in [2.24, 2.45) is 17.1 Å². The van der Waals surface area contributed by atoms with Gasteiger partial charge in [-0.15, -0.1) is 0 Å². The van der Waals surface area contributed by atoms with Gasteiger partial charge in [0.2, 0.25) is 0 Å². The lowest BCUT2D eigenvalue weighted by Crippen LogP contribution is -2.41. The molecule has 0 unspecified atom stereocenters. The smallest absolute Gasteiger partial charge is 0.404 e. The summed E-state index contributed by atoms with van der Waals surface area (Å²) in [6.07, 6.45) is 2.58. The predicted octanol–water partition coefficient (Wildman–Crippen LogP) is 1.50. The molecule has 0 aliphatic carbocycles. The van der Waals surface area contributed by atoms with Crippen LogP contribution in [0.4, 0.5) is 4.79 Å². The third-order valence-electron chi connectivity index (χ3n) is 3.03. The molecule has 4 heteroatoms.